The van der Waals surface area contributed by atoms with E-state index in [0.717, 1.165) is 31.9 Å². The first-order chi connectivity index (χ1) is 11.2. The first kappa shape index (κ1) is 15.5. The molecule has 0 atom stereocenters. The van der Waals surface area contributed by atoms with Crippen LogP contribution in [-0.2, 0) is 11.3 Å². The van der Waals surface area contributed by atoms with Crippen molar-refractivity contribution < 1.29 is 9.53 Å². The topological polar surface area (TPSA) is 45.7 Å². The lowest BCUT2D eigenvalue weighted by Gasteiger charge is -2.29. The van der Waals surface area contributed by atoms with Crippen molar-refractivity contribution >= 4 is 11.6 Å². The van der Waals surface area contributed by atoms with Gasteiger partial charge in [0.2, 0.25) is 0 Å². The molecule has 0 N–H and O–H groups in total. The average molecular weight is 311 g/mol. The summed E-state index contributed by atoms with van der Waals surface area (Å²) in [5.41, 5.74) is 2.99. The van der Waals surface area contributed by atoms with Crippen LogP contribution in [0.25, 0.3) is 0 Å². The summed E-state index contributed by atoms with van der Waals surface area (Å²) in [5.74, 6) is 0.00431. The summed E-state index contributed by atoms with van der Waals surface area (Å²) in [6, 6.07) is 11.9. The number of morpholine rings is 1. The Labute approximate surface area is 136 Å². The highest BCUT2D eigenvalue weighted by Gasteiger charge is 2.13. The van der Waals surface area contributed by atoms with Crippen molar-refractivity contribution in [1.29, 1.82) is 0 Å². The third kappa shape index (κ3) is 3.87. The van der Waals surface area contributed by atoms with Crippen LogP contribution in [0, 0.1) is 0 Å². The van der Waals surface area contributed by atoms with Crippen molar-refractivity contribution in [2.45, 2.75) is 6.54 Å². The summed E-state index contributed by atoms with van der Waals surface area (Å²) in [5, 5.41) is 0. The van der Waals surface area contributed by atoms with Gasteiger partial charge in [0.25, 0.3) is 5.91 Å². The molecule has 1 aromatic heterocycles. The molecule has 0 aliphatic carbocycles. The highest BCUT2D eigenvalue weighted by atomic mass is 16.5. The van der Waals surface area contributed by atoms with E-state index in [1.54, 1.807) is 29.4 Å². The van der Waals surface area contributed by atoms with Crippen molar-refractivity contribution in [3.05, 3.63) is 59.9 Å². The van der Waals surface area contributed by atoms with Gasteiger partial charge in [-0.2, -0.15) is 0 Å². The number of amides is 1. The Kier molecular flexibility index (Phi) is 4.88. The highest BCUT2D eigenvalue weighted by molar-refractivity contribution is 5.93. The van der Waals surface area contributed by atoms with E-state index in [2.05, 4.69) is 34.1 Å². The fraction of sp³-hybridized carbons (Fsp3) is 0.333. The normalized spacial score (nSPS) is 14.6. The summed E-state index contributed by atoms with van der Waals surface area (Å²) < 4.78 is 5.38. The minimum Gasteiger partial charge on any atom is -0.378 e. The minimum atomic E-state index is 0.00431. The van der Waals surface area contributed by atoms with E-state index in [9.17, 15) is 4.79 Å². The lowest BCUT2D eigenvalue weighted by Crippen LogP contribution is -2.36. The summed E-state index contributed by atoms with van der Waals surface area (Å²) in [7, 11) is 1.82. The van der Waals surface area contributed by atoms with Gasteiger partial charge in [-0.25, -0.2) is 0 Å². The van der Waals surface area contributed by atoms with Crippen LogP contribution in [0.2, 0.25) is 0 Å². The molecule has 0 spiro atoms. The zero-order chi connectivity index (χ0) is 16.1. The lowest BCUT2D eigenvalue weighted by molar-refractivity contribution is 0.0785. The molecule has 1 aromatic carbocycles. The van der Waals surface area contributed by atoms with Gasteiger partial charge in [-0.3, -0.25) is 9.78 Å². The van der Waals surface area contributed by atoms with E-state index in [1.165, 1.54) is 5.69 Å². The number of carbonyl (C=O) groups excluding carboxylic acids is 1. The van der Waals surface area contributed by atoms with Gasteiger partial charge in [-0.1, -0.05) is 12.1 Å². The number of aromatic nitrogens is 1. The lowest BCUT2D eigenvalue weighted by atomic mass is 10.1. The van der Waals surface area contributed by atoms with E-state index in [1.807, 2.05) is 7.05 Å². The van der Waals surface area contributed by atoms with E-state index in [-0.39, 0.29) is 5.91 Å². The number of ether oxygens (including phenoxy) is 1. The Morgan fingerprint density at radius 1 is 1.13 bits per heavy atom. The van der Waals surface area contributed by atoms with Gasteiger partial charge in [0.05, 0.1) is 13.2 Å². The molecule has 1 saturated heterocycles. The van der Waals surface area contributed by atoms with Gasteiger partial charge >= 0.3 is 0 Å². The van der Waals surface area contributed by atoms with Crippen LogP contribution >= 0.6 is 0 Å². The summed E-state index contributed by atoms with van der Waals surface area (Å²) in [4.78, 5) is 20.3. The van der Waals surface area contributed by atoms with Crippen molar-refractivity contribution in [3.63, 3.8) is 0 Å². The van der Waals surface area contributed by atoms with Crippen LogP contribution in [-0.4, -0.2) is 49.1 Å². The maximum atomic E-state index is 12.3. The predicted molar refractivity (Wildman–Crippen MR) is 89.5 cm³/mol. The maximum absolute atomic E-state index is 12.3. The smallest absolute Gasteiger partial charge is 0.254 e. The number of nitrogens with zero attached hydrogens (tertiary/aromatic N) is 3. The molecule has 5 nitrogen and oxygen atoms in total. The third-order valence-electron chi connectivity index (χ3n) is 4.01. The van der Waals surface area contributed by atoms with Crippen LogP contribution in [0.3, 0.4) is 0 Å². The van der Waals surface area contributed by atoms with Crippen molar-refractivity contribution in [2.75, 3.05) is 38.3 Å². The third-order valence-corrected chi connectivity index (χ3v) is 4.01. The van der Waals surface area contributed by atoms with E-state index in [0.29, 0.717) is 12.1 Å². The molecule has 5 heteroatoms. The number of hydrogen-bond acceptors (Lipinski definition) is 4. The molecule has 1 fully saturated rings. The Bertz CT molecular complexity index is 637. The molecule has 0 saturated carbocycles. The molecular weight excluding hydrogens is 290 g/mol. The van der Waals surface area contributed by atoms with E-state index < -0.39 is 0 Å². The van der Waals surface area contributed by atoms with Gasteiger partial charge in [0.1, 0.15) is 0 Å². The van der Waals surface area contributed by atoms with Crippen LogP contribution in [0.1, 0.15) is 15.9 Å². The number of hydrogen-bond donors (Lipinski definition) is 0. The van der Waals surface area contributed by atoms with Gasteiger partial charge in [-0.15, -0.1) is 0 Å². The quantitative estimate of drug-likeness (QED) is 0.868. The molecule has 0 unspecified atom stereocenters. The minimum absolute atomic E-state index is 0.00431. The molecule has 120 valence electrons. The van der Waals surface area contributed by atoms with Gasteiger partial charge in [-0.05, 0) is 29.8 Å². The van der Waals surface area contributed by atoms with Crippen molar-refractivity contribution in [3.8, 4) is 0 Å². The Balaban J connectivity index is 1.62. The SMILES string of the molecule is CN(Cc1ccc(N2CCOCC2)cc1)C(=O)c1ccncc1. The molecule has 2 aromatic rings. The van der Waals surface area contributed by atoms with Gasteiger partial charge in [0.15, 0.2) is 0 Å². The second-order valence-electron chi connectivity index (χ2n) is 5.66. The number of carbonyl (C=O) groups is 1. The molecule has 23 heavy (non-hydrogen) atoms. The van der Waals surface area contributed by atoms with Crippen LogP contribution < -0.4 is 4.90 Å². The zero-order valence-corrected chi connectivity index (χ0v) is 13.3. The molecular formula is C18H21N3O2. The molecule has 1 aliphatic rings. The molecule has 0 radical (unpaired) electrons. The number of benzene rings is 1. The molecule has 1 amide bonds. The fourth-order valence-electron chi connectivity index (χ4n) is 2.69. The highest BCUT2D eigenvalue weighted by Crippen LogP contribution is 2.17. The summed E-state index contributed by atoms with van der Waals surface area (Å²) >= 11 is 0. The molecule has 2 heterocycles. The first-order valence-electron chi connectivity index (χ1n) is 7.81. The van der Waals surface area contributed by atoms with Crippen molar-refractivity contribution in [2.24, 2.45) is 0 Å². The average Bonchev–Trinajstić information content (AvgIpc) is 2.63. The first-order valence-corrected chi connectivity index (χ1v) is 7.81. The second kappa shape index (κ2) is 7.24. The monoisotopic (exact) mass is 311 g/mol. The van der Waals surface area contributed by atoms with Crippen LogP contribution in [0.4, 0.5) is 5.69 Å². The predicted octanol–water partition coefficient (Wildman–Crippen LogP) is 2.19. The molecule has 0 bridgehead atoms. The number of pyridine rings is 1. The zero-order valence-electron chi connectivity index (χ0n) is 13.3. The Morgan fingerprint density at radius 2 is 1.78 bits per heavy atom. The summed E-state index contributed by atoms with van der Waals surface area (Å²) in [6.07, 6.45) is 3.27. The standard InChI is InChI=1S/C18H21N3O2/c1-20(18(22)16-6-8-19-9-7-16)14-15-2-4-17(5-3-15)21-10-12-23-13-11-21/h2-9H,10-14H2,1H3. The van der Waals surface area contributed by atoms with E-state index >= 15 is 0 Å². The van der Waals surface area contributed by atoms with E-state index in [4.69, 9.17) is 4.74 Å². The van der Waals surface area contributed by atoms with Crippen LogP contribution in [0.15, 0.2) is 48.8 Å². The van der Waals surface area contributed by atoms with Gasteiger partial charge in [0, 0.05) is 50.3 Å². The maximum Gasteiger partial charge on any atom is 0.254 e. The largest absolute Gasteiger partial charge is 0.378 e. The number of anilines is 1. The Hall–Kier alpha value is -2.40. The fourth-order valence-corrected chi connectivity index (χ4v) is 2.69. The molecule has 1 aliphatic heterocycles. The molecule has 3 rings (SSSR count). The Morgan fingerprint density at radius 3 is 2.43 bits per heavy atom. The second-order valence-corrected chi connectivity index (χ2v) is 5.66. The summed E-state index contributed by atoms with van der Waals surface area (Å²) in [6.45, 7) is 4.01. The van der Waals surface area contributed by atoms with Gasteiger partial charge < -0.3 is 14.5 Å². The van der Waals surface area contributed by atoms with Crippen LogP contribution in [0.5, 0.6) is 0 Å². The van der Waals surface area contributed by atoms with Crippen molar-refractivity contribution in [1.82, 2.24) is 9.88 Å². The number of rotatable bonds is 4.